The minimum Gasteiger partial charge on any atom is -0.273 e. The average molecular weight is 391 g/mol. The summed E-state index contributed by atoms with van der Waals surface area (Å²) in [5, 5.41) is 8.85. The van der Waals surface area contributed by atoms with Crippen molar-refractivity contribution in [3.05, 3.63) is 81.1 Å². The van der Waals surface area contributed by atoms with Crippen molar-refractivity contribution in [3.63, 3.8) is 0 Å². The minimum atomic E-state index is -0.263. The smallest absolute Gasteiger partial charge is 0.204 e. The number of hydrogen-bond acceptors (Lipinski definition) is 2. The second kappa shape index (κ2) is 5.58. The zero-order valence-corrected chi connectivity index (χ0v) is 14.1. The van der Waals surface area contributed by atoms with Crippen LogP contribution in [0.25, 0.3) is 11.3 Å². The molecule has 23 heavy (non-hydrogen) atoms. The van der Waals surface area contributed by atoms with Crippen molar-refractivity contribution in [1.29, 1.82) is 0 Å². The highest BCUT2D eigenvalue weighted by atomic mass is 79.9. The predicted molar refractivity (Wildman–Crippen MR) is 91.3 cm³/mol. The first-order valence-corrected chi connectivity index (χ1v) is 8.17. The normalized spacial score (nSPS) is 13.1. The summed E-state index contributed by atoms with van der Waals surface area (Å²) in [5.41, 5.74) is 3.07. The van der Waals surface area contributed by atoms with Crippen LogP contribution in [0.4, 0.5) is 4.39 Å². The molecule has 1 aliphatic rings. The van der Waals surface area contributed by atoms with Crippen LogP contribution in [0.15, 0.2) is 53.3 Å². The molecule has 0 saturated carbocycles. The minimum absolute atomic E-state index is 0.263. The monoisotopic (exact) mass is 389 g/mol. The lowest BCUT2D eigenvalue weighted by atomic mass is 9.95. The van der Waals surface area contributed by atoms with Crippen molar-refractivity contribution in [3.8, 4) is 5.69 Å². The van der Waals surface area contributed by atoms with Crippen molar-refractivity contribution < 1.29 is 4.39 Å². The van der Waals surface area contributed by atoms with E-state index in [1.54, 1.807) is 18.2 Å². The van der Waals surface area contributed by atoms with E-state index in [0.29, 0.717) is 21.7 Å². The van der Waals surface area contributed by atoms with E-state index >= 15 is 0 Å². The standard InChI is InChI=1S/C17H10BrClFN3/c18-17-22-21-16-8-6-11(12-3-1-2-4-14(12)20)13-9-10(19)5-7-15(13)23(16)17/h1-7,9H,8H2. The molecule has 0 fully saturated rings. The van der Waals surface area contributed by atoms with Crippen LogP contribution < -0.4 is 0 Å². The molecule has 0 radical (unpaired) electrons. The van der Waals surface area contributed by atoms with Crippen molar-refractivity contribution in [2.45, 2.75) is 6.42 Å². The molecule has 1 aliphatic heterocycles. The van der Waals surface area contributed by atoms with Crippen LogP contribution in [0.1, 0.15) is 17.0 Å². The topological polar surface area (TPSA) is 30.7 Å². The van der Waals surface area contributed by atoms with Gasteiger partial charge in [0.1, 0.15) is 11.6 Å². The Morgan fingerprint density at radius 2 is 1.91 bits per heavy atom. The third-order valence-electron chi connectivity index (χ3n) is 3.83. The van der Waals surface area contributed by atoms with Gasteiger partial charge in [0.2, 0.25) is 4.73 Å². The number of nitrogens with zero attached hydrogens (tertiary/aromatic N) is 3. The molecular formula is C17H10BrClFN3. The van der Waals surface area contributed by atoms with E-state index in [1.165, 1.54) is 6.07 Å². The Bertz CT molecular complexity index is 949. The summed E-state index contributed by atoms with van der Waals surface area (Å²) in [7, 11) is 0. The molecule has 114 valence electrons. The Hall–Kier alpha value is -1.98. The molecule has 0 atom stereocenters. The first-order valence-electron chi connectivity index (χ1n) is 7.00. The van der Waals surface area contributed by atoms with Crippen molar-refractivity contribution in [2.75, 3.05) is 0 Å². The van der Waals surface area contributed by atoms with Gasteiger partial charge in [0.05, 0.1) is 5.69 Å². The molecule has 0 unspecified atom stereocenters. The van der Waals surface area contributed by atoms with Gasteiger partial charge in [-0.3, -0.25) is 4.57 Å². The van der Waals surface area contributed by atoms with Crippen LogP contribution >= 0.6 is 27.5 Å². The number of allylic oxidation sites excluding steroid dienone is 1. The van der Waals surface area contributed by atoms with Crippen LogP contribution in [0.5, 0.6) is 0 Å². The molecule has 0 spiro atoms. The van der Waals surface area contributed by atoms with Gasteiger partial charge in [-0.05, 0) is 45.8 Å². The summed E-state index contributed by atoms with van der Waals surface area (Å²) in [6.45, 7) is 0. The summed E-state index contributed by atoms with van der Waals surface area (Å²) in [4.78, 5) is 0. The SMILES string of the molecule is Fc1ccccc1C1=CCc2nnc(Br)n2-c2ccc(Cl)cc21. The maximum absolute atomic E-state index is 14.3. The fraction of sp³-hybridized carbons (Fsp3) is 0.0588. The van der Waals surface area contributed by atoms with Crippen LogP contribution in [0.3, 0.4) is 0 Å². The lowest BCUT2D eigenvalue weighted by Gasteiger charge is -2.14. The molecule has 4 rings (SSSR count). The first kappa shape index (κ1) is 14.6. The molecule has 0 saturated heterocycles. The molecule has 6 heteroatoms. The Kier molecular flexibility index (Phi) is 3.54. The van der Waals surface area contributed by atoms with Gasteiger partial charge in [0.15, 0.2) is 0 Å². The third kappa shape index (κ3) is 2.40. The van der Waals surface area contributed by atoms with E-state index in [1.807, 2.05) is 28.8 Å². The van der Waals surface area contributed by atoms with E-state index < -0.39 is 0 Å². The molecule has 0 N–H and O–H groups in total. The average Bonchev–Trinajstić information content (AvgIpc) is 2.82. The van der Waals surface area contributed by atoms with Crippen LogP contribution in [0, 0.1) is 5.82 Å². The zero-order valence-electron chi connectivity index (χ0n) is 11.8. The highest BCUT2D eigenvalue weighted by Gasteiger charge is 2.22. The molecule has 2 aromatic carbocycles. The van der Waals surface area contributed by atoms with Crippen molar-refractivity contribution in [2.24, 2.45) is 0 Å². The van der Waals surface area contributed by atoms with E-state index in [-0.39, 0.29) is 5.82 Å². The van der Waals surface area contributed by atoms with Gasteiger partial charge in [-0.15, -0.1) is 10.2 Å². The zero-order chi connectivity index (χ0) is 16.0. The van der Waals surface area contributed by atoms with E-state index in [2.05, 4.69) is 26.1 Å². The highest BCUT2D eigenvalue weighted by molar-refractivity contribution is 9.10. The quantitative estimate of drug-likeness (QED) is 0.597. The van der Waals surface area contributed by atoms with Crippen LogP contribution in [-0.4, -0.2) is 14.8 Å². The summed E-state index contributed by atoms with van der Waals surface area (Å²) >= 11 is 9.62. The number of hydrogen-bond donors (Lipinski definition) is 0. The molecule has 1 aromatic heterocycles. The fourth-order valence-electron chi connectivity index (χ4n) is 2.82. The molecule has 3 aromatic rings. The Balaban J connectivity index is 2.03. The molecule has 2 heterocycles. The van der Waals surface area contributed by atoms with E-state index in [4.69, 9.17) is 11.6 Å². The fourth-order valence-corrected chi connectivity index (χ4v) is 3.47. The molecular weight excluding hydrogens is 381 g/mol. The van der Waals surface area contributed by atoms with E-state index in [0.717, 1.165) is 22.6 Å². The Labute approximate surface area is 145 Å². The molecule has 0 amide bonds. The second-order valence-electron chi connectivity index (χ2n) is 5.18. The van der Waals surface area contributed by atoms with Crippen molar-refractivity contribution in [1.82, 2.24) is 14.8 Å². The van der Waals surface area contributed by atoms with Crippen LogP contribution in [-0.2, 0) is 6.42 Å². The van der Waals surface area contributed by atoms with Gasteiger partial charge in [-0.1, -0.05) is 35.9 Å². The second-order valence-corrected chi connectivity index (χ2v) is 6.33. The summed E-state index contributed by atoms with van der Waals surface area (Å²) in [6.07, 6.45) is 2.52. The van der Waals surface area contributed by atoms with Gasteiger partial charge >= 0.3 is 0 Å². The van der Waals surface area contributed by atoms with Crippen LogP contribution in [0.2, 0.25) is 5.02 Å². The number of fused-ring (bicyclic) bond motifs is 3. The number of benzene rings is 2. The maximum atomic E-state index is 14.3. The third-order valence-corrected chi connectivity index (χ3v) is 4.58. The van der Waals surface area contributed by atoms with Crippen molar-refractivity contribution >= 4 is 33.1 Å². The van der Waals surface area contributed by atoms with Gasteiger partial charge in [0, 0.05) is 22.6 Å². The molecule has 0 aliphatic carbocycles. The van der Waals surface area contributed by atoms with Gasteiger partial charge in [-0.2, -0.15) is 0 Å². The maximum Gasteiger partial charge on any atom is 0.204 e. The Morgan fingerprint density at radius 1 is 1.09 bits per heavy atom. The Morgan fingerprint density at radius 3 is 2.74 bits per heavy atom. The molecule has 3 nitrogen and oxygen atoms in total. The highest BCUT2D eigenvalue weighted by Crippen LogP contribution is 2.36. The number of rotatable bonds is 1. The van der Waals surface area contributed by atoms with E-state index in [9.17, 15) is 4.39 Å². The lowest BCUT2D eigenvalue weighted by Crippen LogP contribution is -2.02. The van der Waals surface area contributed by atoms with Gasteiger partial charge in [-0.25, -0.2) is 4.39 Å². The predicted octanol–water partition coefficient (Wildman–Crippen LogP) is 4.81. The van der Waals surface area contributed by atoms with Gasteiger partial charge < -0.3 is 0 Å². The summed E-state index contributed by atoms with van der Waals surface area (Å²) in [6, 6.07) is 12.3. The largest absolute Gasteiger partial charge is 0.273 e. The number of halogens is 3. The van der Waals surface area contributed by atoms with Gasteiger partial charge in [0.25, 0.3) is 0 Å². The number of aromatic nitrogens is 3. The summed E-state index contributed by atoms with van der Waals surface area (Å²) in [5.74, 6) is 0.521. The lowest BCUT2D eigenvalue weighted by molar-refractivity contribution is 0.624. The molecule has 0 bridgehead atoms. The first-order chi connectivity index (χ1) is 11.1. The summed E-state index contributed by atoms with van der Waals surface area (Å²) < 4.78 is 16.8.